The second-order valence-electron chi connectivity index (χ2n) is 10.4. The predicted molar refractivity (Wildman–Crippen MR) is 145 cm³/mol. The van der Waals surface area contributed by atoms with Gasteiger partial charge in [0.1, 0.15) is 5.00 Å². The minimum atomic E-state index is -0.971. The number of carboxylic acid groups (broad SMARTS) is 1. The molecule has 0 aliphatic heterocycles. The zero-order chi connectivity index (χ0) is 25.1. The van der Waals surface area contributed by atoms with Crippen LogP contribution in [0.1, 0.15) is 87.1 Å². The average molecular weight is 513 g/mol. The predicted octanol–water partition coefficient (Wildman–Crippen LogP) is 7.45. The third-order valence-corrected chi connectivity index (χ3v) is 9.17. The Morgan fingerprint density at radius 2 is 1.89 bits per heavy atom. The van der Waals surface area contributed by atoms with Crippen LogP contribution in [0.15, 0.2) is 34.7 Å². The van der Waals surface area contributed by atoms with Gasteiger partial charge in [-0.3, -0.25) is 4.79 Å². The van der Waals surface area contributed by atoms with Gasteiger partial charge in [-0.2, -0.15) is 0 Å². The maximum absolute atomic E-state index is 13.6. The van der Waals surface area contributed by atoms with Crippen molar-refractivity contribution >= 4 is 45.1 Å². The topological polar surface area (TPSA) is 70.5 Å². The number of allylic oxidation sites excluding steroid dienone is 4. The molecule has 0 bridgehead atoms. The first-order valence-electron chi connectivity index (χ1n) is 12.7. The van der Waals surface area contributed by atoms with Crippen molar-refractivity contribution in [2.45, 2.75) is 78.7 Å². The van der Waals surface area contributed by atoms with Crippen LogP contribution in [0.3, 0.4) is 0 Å². The molecule has 5 nitrogen and oxygen atoms in total. The fourth-order valence-electron chi connectivity index (χ4n) is 5.25. The molecule has 4 rings (SSSR count). The van der Waals surface area contributed by atoms with Crippen LogP contribution in [0.2, 0.25) is 0 Å². The highest BCUT2D eigenvalue weighted by atomic mass is 32.1. The zero-order valence-electron chi connectivity index (χ0n) is 21.1. The standard InChI is InChI=1S/C28H36N2O3S2/c1-17(2)30(26(31)21-9-5-18(3)6-10-21)27-24(28(32)33)14-25(35-27)23-12-8-20(13-19(23)4)7-11-22-15-34-16-29-22/h8,12,14-19,21H,5-7,9-11,13H2,1-4H3,(H,32,33). The summed E-state index contributed by atoms with van der Waals surface area (Å²) in [4.78, 5) is 32.9. The highest BCUT2D eigenvalue weighted by Crippen LogP contribution is 2.43. The number of hydrogen-bond acceptors (Lipinski definition) is 5. The largest absolute Gasteiger partial charge is 0.478 e. The lowest BCUT2D eigenvalue weighted by molar-refractivity contribution is -0.123. The van der Waals surface area contributed by atoms with E-state index in [1.54, 1.807) is 22.3 Å². The molecular formula is C28H36N2O3S2. The maximum atomic E-state index is 13.6. The number of rotatable bonds is 8. The molecule has 188 valence electrons. The molecule has 1 atom stereocenters. The Labute approximate surface area is 216 Å². The first-order valence-corrected chi connectivity index (χ1v) is 14.5. The maximum Gasteiger partial charge on any atom is 0.338 e. The summed E-state index contributed by atoms with van der Waals surface area (Å²) >= 11 is 3.09. The number of thiophene rings is 1. The van der Waals surface area contributed by atoms with Crippen molar-refractivity contribution in [2.75, 3.05) is 4.90 Å². The number of nitrogens with zero attached hydrogens (tertiary/aromatic N) is 2. The lowest BCUT2D eigenvalue weighted by Gasteiger charge is -2.33. The zero-order valence-corrected chi connectivity index (χ0v) is 22.8. The van der Waals surface area contributed by atoms with E-state index >= 15 is 0 Å². The quantitative estimate of drug-likeness (QED) is 0.399. The van der Waals surface area contributed by atoms with Gasteiger partial charge in [0.2, 0.25) is 5.91 Å². The molecule has 0 aromatic carbocycles. The molecule has 2 heterocycles. The van der Waals surface area contributed by atoms with Crippen LogP contribution in [-0.2, 0) is 11.2 Å². The van der Waals surface area contributed by atoms with Gasteiger partial charge in [0.05, 0.1) is 16.8 Å². The van der Waals surface area contributed by atoms with Gasteiger partial charge in [0.25, 0.3) is 0 Å². The lowest BCUT2D eigenvalue weighted by atomic mass is 9.82. The van der Waals surface area contributed by atoms with Crippen LogP contribution in [0, 0.1) is 17.8 Å². The third-order valence-electron chi connectivity index (χ3n) is 7.35. The van der Waals surface area contributed by atoms with E-state index in [4.69, 9.17) is 0 Å². The van der Waals surface area contributed by atoms with E-state index in [0.29, 0.717) is 16.8 Å². The first kappa shape index (κ1) is 25.8. The van der Waals surface area contributed by atoms with Crippen LogP contribution < -0.4 is 4.90 Å². The molecule has 1 N–H and O–H groups in total. The van der Waals surface area contributed by atoms with Crippen molar-refractivity contribution in [3.8, 4) is 0 Å². The molecule has 0 spiro atoms. The van der Waals surface area contributed by atoms with Gasteiger partial charge in [-0.15, -0.1) is 22.7 Å². The highest BCUT2D eigenvalue weighted by molar-refractivity contribution is 7.17. The van der Waals surface area contributed by atoms with Gasteiger partial charge in [0, 0.05) is 22.2 Å². The molecular weight excluding hydrogens is 476 g/mol. The Morgan fingerprint density at radius 1 is 1.14 bits per heavy atom. The number of hydrogen-bond donors (Lipinski definition) is 1. The lowest BCUT2D eigenvalue weighted by Crippen LogP contribution is -2.42. The first-order chi connectivity index (χ1) is 16.7. The Kier molecular flexibility index (Phi) is 8.27. The molecule has 2 aromatic heterocycles. The average Bonchev–Trinajstić information content (AvgIpc) is 3.48. The molecule has 1 unspecified atom stereocenters. The van der Waals surface area contributed by atoms with Crippen molar-refractivity contribution in [3.05, 3.63) is 50.8 Å². The molecule has 2 aromatic rings. The van der Waals surface area contributed by atoms with Crippen molar-refractivity contribution in [2.24, 2.45) is 17.8 Å². The van der Waals surface area contributed by atoms with Crippen LogP contribution in [-0.4, -0.2) is 28.0 Å². The summed E-state index contributed by atoms with van der Waals surface area (Å²) in [6.07, 6.45) is 11.1. The van der Waals surface area contributed by atoms with Crippen LogP contribution in [0.25, 0.3) is 5.57 Å². The summed E-state index contributed by atoms with van der Waals surface area (Å²) in [5.74, 6) is 0.0477. The fraction of sp³-hybridized carbons (Fsp3) is 0.536. The Balaban J connectivity index is 1.59. The van der Waals surface area contributed by atoms with Crippen molar-refractivity contribution in [1.29, 1.82) is 0 Å². The fourth-order valence-corrected chi connectivity index (χ4v) is 7.27. The van der Waals surface area contributed by atoms with Gasteiger partial charge in [-0.05, 0) is 82.3 Å². The monoisotopic (exact) mass is 512 g/mol. The van der Waals surface area contributed by atoms with Crippen LogP contribution >= 0.6 is 22.7 Å². The Bertz CT molecular complexity index is 1110. The number of aryl methyl sites for hydroxylation is 1. The van der Waals surface area contributed by atoms with Gasteiger partial charge in [-0.1, -0.05) is 31.6 Å². The van der Waals surface area contributed by atoms with E-state index in [0.717, 1.165) is 61.1 Å². The number of thiazole rings is 1. The van der Waals surface area contributed by atoms with Crippen LogP contribution in [0.5, 0.6) is 0 Å². The molecule has 1 saturated carbocycles. The van der Waals surface area contributed by atoms with Crippen molar-refractivity contribution in [1.82, 2.24) is 4.98 Å². The molecule has 7 heteroatoms. The van der Waals surface area contributed by atoms with Gasteiger partial charge < -0.3 is 10.0 Å². The van der Waals surface area contributed by atoms with E-state index in [1.165, 1.54) is 16.9 Å². The number of anilines is 1. The molecule has 35 heavy (non-hydrogen) atoms. The minimum absolute atomic E-state index is 0.0168. The van der Waals surface area contributed by atoms with E-state index in [2.05, 4.69) is 36.4 Å². The van der Waals surface area contributed by atoms with Gasteiger partial charge >= 0.3 is 5.97 Å². The summed E-state index contributed by atoms with van der Waals surface area (Å²) in [7, 11) is 0. The minimum Gasteiger partial charge on any atom is -0.478 e. The Morgan fingerprint density at radius 3 is 2.49 bits per heavy atom. The van der Waals surface area contributed by atoms with Gasteiger partial charge in [0.15, 0.2) is 0 Å². The molecule has 2 aliphatic rings. The Hall–Kier alpha value is -2.25. The highest BCUT2D eigenvalue weighted by Gasteiger charge is 2.34. The smallest absolute Gasteiger partial charge is 0.338 e. The molecule has 0 saturated heterocycles. The third kappa shape index (κ3) is 5.95. The number of aromatic nitrogens is 1. The second kappa shape index (κ2) is 11.2. The molecule has 1 amide bonds. The second-order valence-corrected chi connectivity index (χ2v) is 12.2. The summed E-state index contributed by atoms with van der Waals surface area (Å²) in [5.41, 5.74) is 5.80. The van der Waals surface area contributed by atoms with Crippen LogP contribution in [0.4, 0.5) is 5.00 Å². The summed E-state index contributed by atoms with van der Waals surface area (Å²) in [5, 5.41) is 12.7. The molecule has 1 fully saturated rings. The number of carbonyl (C=O) groups excluding carboxylic acids is 1. The van der Waals surface area contributed by atoms with E-state index < -0.39 is 5.97 Å². The molecule has 0 radical (unpaired) electrons. The van der Waals surface area contributed by atoms with Crippen molar-refractivity contribution in [3.63, 3.8) is 0 Å². The van der Waals surface area contributed by atoms with Gasteiger partial charge in [-0.25, -0.2) is 9.78 Å². The summed E-state index contributed by atoms with van der Waals surface area (Å²) < 4.78 is 0. The van der Waals surface area contributed by atoms with E-state index in [1.807, 2.05) is 19.4 Å². The van der Waals surface area contributed by atoms with E-state index in [9.17, 15) is 14.7 Å². The molecule has 2 aliphatic carbocycles. The summed E-state index contributed by atoms with van der Waals surface area (Å²) in [6.45, 7) is 8.41. The number of aromatic carboxylic acids is 1. The van der Waals surface area contributed by atoms with Crippen molar-refractivity contribution < 1.29 is 14.7 Å². The summed E-state index contributed by atoms with van der Waals surface area (Å²) in [6, 6.07) is 1.69. The van der Waals surface area contributed by atoms with E-state index in [-0.39, 0.29) is 23.4 Å². The number of carboxylic acids is 1. The normalized spacial score (nSPS) is 22.6. The SMILES string of the molecule is CC1CCC(C(=O)N(c2sc(C3=CC=C(CCc4cscn4)CC3C)cc2C(=O)O)C(C)C)CC1. The number of carbonyl (C=O) groups is 2. The number of amides is 1.